The zero-order valence-corrected chi connectivity index (χ0v) is 10.7. The van der Waals surface area contributed by atoms with Crippen molar-refractivity contribution in [3.63, 3.8) is 0 Å². The smallest absolute Gasteiger partial charge is 0.248 e. The van der Waals surface area contributed by atoms with Gasteiger partial charge in [-0.15, -0.1) is 0 Å². The van der Waals surface area contributed by atoms with Crippen LogP contribution < -0.4 is 10.5 Å². The number of hydrogen-bond donors (Lipinski definition) is 2. The van der Waals surface area contributed by atoms with Gasteiger partial charge in [-0.25, -0.2) is 13.1 Å². The zero-order chi connectivity index (χ0) is 13.2. The highest BCUT2D eigenvalue weighted by Crippen LogP contribution is 2.20. The third-order valence-electron chi connectivity index (χ3n) is 3.13. The Kier molecular flexibility index (Phi) is 3.68. The summed E-state index contributed by atoms with van der Waals surface area (Å²) in [5.41, 5.74) is 5.40. The molecule has 0 spiro atoms. The van der Waals surface area contributed by atoms with Gasteiger partial charge in [-0.3, -0.25) is 4.79 Å². The molecule has 0 aromatic heterocycles. The Balaban J connectivity index is 2.16. The van der Waals surface area contributed by atoms with Crippen molar-refractivity contribution in [3.05, 3.63) is 29.8 Å². The van der Waals surface area contributed by atoms with Gasteiger partial charge in [-0.05, 0) is 37.1 Å². The van der Waals surface area contributed by atoms with E-state index in [0.29, 0.717) is 5.56 Å². The van der Waals surface area contributed by atoms with Gasteiger partial charge in [0.25, 0.3) is 0 Å². The molecular formula is C12H16N2O3S. The second kappa shape index (κ2) is 5.07. The van der Waals surface area contributed by atoms with Crippen molar-refractivity contribution in [2.24, 2.45) is 5.73 Å². The highest BCUT2D eigenvalue weighted by atomic mass is 32.2. The van der Waals surface area contributed by atoms with Crippen LogP contribution in [0.25, 0.3) is 0 Å². The van der Waals surface area contributed by atoms with E-state index in [9.17, 15) is 13.2 Å². The molecule has 2 rings (SSSR count). The van der Waals surface area contributed by atoms with Gasteiger partial charge in [-0.2, -0.15) is 0 Å². The Bertz CT molecular complexity index is 531. The van der Waals surface area contributed by atoms with Crippen LogP contribution in [0.2, 0.25) is 0 Å². The van der Waals surface area contributed by atoms with E-state index < -0.39 is 15.9 Å². The molecule has 0 heterocycles. The van der Waals surface area contributed by atoms with Gasteiger partial charge in [0.2, 0.25) is 15.9 Å². The molecule has 0 aliphatic heterocycles. The number of benzene rings is 1. The van der Waals surface area contributed by atoms with Gasteiger partial charge in [0.05, 0.1) is 4.90 Å². The fourth-order valence-electron chi connectivity index (χ4n) is 2.13. The Morgan fingerprint density at radius 3 is 2.22 bits per heavy atom. The molecule has 3 N–H and O–H groups in total. The number of rotatable bonds is 4. The van der Waals surface area contributed by atoms with Crippen molar-refractivity contribution in [2.75, 3.05) is 0 Å². The van der Waals surface area contributed by atoms with Gasteiger partial charge in [0.15, 0.2) is 0 Å². The molecule has 1 saturated carbocycles. The van der Waals surface area contributed by atoms with Crippen molar-refractivity contribution in [1.82, 2.24) is 4.72 Å². The zero-order valence-electron chi connectivity index (χ0n) is 9.93. The summed E-state index contributed by atoms with van der Waals surface area (Å²) in [5.74, 6) is -0.567. The van der Waals surface area contributed by atoms with Crippen LogP contribution in [0.3, 0.4) is 0 Å². The number of amides is 1. The largest absolute Gasteiger partial charge is 0.366 e. The van der Waals surface area contributed by atoms with Crippen LogP contribution >= 0.6 is 0 Å². The van der Waals surface area contributed by atoms with E-state index in [1.165, 1.54) is 24.3 Å². The molecule has 1 fully saturated rings. The van der Waals surface area contributed by atoms with Crippen molar-refractivity contribution in [2.45, 2.75) is 36.6 Å². The second-order valence-corrected chi connectivity index (χ2v) is 6.21. The van der Waals surface area contributed by atoms with E-state index in [0.717, 1.165) is 25.7 Å². The predicted molar refractivity (Wildman–Crippen MR) is 67.5 cm³/mol. The second-order valence-electron chi connectivity index (χ2n) is 4.49. The maximum atomic E-state index is 12.0. The first kappa shape index (κ1) is 13.0. The molecule has 0 atom stereocenters. The van der Waals surface area contributed by atoms with Crippen molar-refractivity contribution < 1.29 is 13.2 Å². The van der Waals surface area contributed by atoms with E-state index in [1.807, 2.05) is 0 Å². The Morgan fingerprint density at radius 1 is 1.17 bits per heavy atom. The summed E-state index contributed by atoms with van der Waals surface area (Å²) in [7, 11) is -3.49. The van der Waals surface area contributed by atoms with Crippen LogP contribution in [0, 0.1) is 0 Å². The summed E-state index contributed by atoms with van der Waals surface area (Å²) in [6, 6.07) is 5.68. The quantitative estimate of drug-likeness (QED) is 0.854. The lowest BCUT2D eigenvalue weighted by molar-refractivity contribution is 0.1000. The normalized spacial score (nSPS) is 16.9. The van der Waals surface area contributed by atoms with Crippen LogP contribution in [0.4, 0.5) is 0 Å². The summed E-state index contributed by atoms with van der Waals surface area (Å²) in [4.78, 5) is 11.1. The highest BCUT2D eigenvalue weighted by molar-refractivity contribution is 7.89. The van der Waals surface area contributed by atoms with E-state index in [2.05, 4.69) is 4.72 Å². The molecule has 6 heteroatoms. The molecule has 5 nitrogen and oxygen atoms in total. The molecule has 0 saturated heterocycles. The summed E-state index contributed by atoms with van der Waals surface area (Å²) in [6.07, 6.45) is 3.90. The molecule has 0 radical (unpaired) electrons. The summed E-state index contributed by atoms with van der Waals surface area (Å²) < 4.78 is 26.8. The number of carbonyl (C=O) groups is 1. The highest BCUT2D eigenvalue weighted by Gasteiger charge is 2.22. The molecule has 1 aliphatic rings. The average molecular weight is 268 g/mol. The predicted octanol–water partition coefficient (Wildman–Crippen LogP) is 1.01. The molecule has 0 bridgehead atoms. The lowest BCUT2D eigenvalue weighted by atomic mass is 10.2. The van der Waals surface area contributed by atoms with Crippen LogP contribution in [-0.2, 0) is 10.0 Å². The van der Waals surface area contributed by atoms with Crippen LogP contribution in [0.1, 0.15) is 36.0 Å². The third kappa shape index (κ3) is 2.88. The summed E-state index contributed by atoms with van der Waals surface area (Å²) in [6.45, 7) is 0. The van der Waals surface area contributed by atoms with Crippen LogP contribution in [0.15, 0.2) is 29.2 Å². The maximum Gasteiger partial charge on any atom is 0.248 e. The Labute approximate surface area is 106 Å². The number of carbonyl (C=O) groups excluding carboxylic acids is 1. The minimum Gasteiger partial charge on any atom is -0.366 e. The lowest BCUT2D eigenvalue weighted by Gasteiger charge is -2.12. The van der Waals surface area contributed by atoms with E-state index in [1.54, 1.807) is 0 Å². The number of nitrogens with one attached hydrogen (secondary N) is 1. The Hall–Kier alpha value is -1.40. The van der Waals surface area contributed by atoms with E-state index in [4.69, 9.17) is 5.73 Å². The number of sulfonamides is 1. The Morgan fingerprint density at radius 2 is 1.72 bits per heavy atom. The molecule has 1 aliphatic carbocycles. The van der Waals surface area contributed by atoms with Gasteiger partial charge >= 0.3 is 0 Å². The minimum atomic E-state index is -3.49. The molecule has 18 heavy (non-hydrogen) atoms. The van der Waals surface area contributed by atoms with Gasteiger partial charge in [0.1, 0.15) is 0 Å². The monoisotopic (exact) mass is 268 g/mol. The van der Waals surface area contributed by atoms with Crippen LogP contribution in [0.5, 0.6) is 0 Å². The van der Waals surface area contributed by atoms with E-state index >= 15 is 0 Å². The van der Waals surface area contributed by atoms with Gasteiger partial charge < -0.3 is 5.73 Å². The summed E-state index contributed by atoms with van der Waals surface area (Å²) in [5, 5.41) is 0. The van der Waals surface area contributed by atoms with E-state index in [-0.39, 0.29) is 10.9 Å². The van der Waals surface area contributed by atoms with Gasteiger partial charge in [0, 0.05) is 11.6 Å². The molecule has 98 valence electrons. The fraction of sp³-hybridized carbons (Fsp3) is 0.417. The molecule has 1 aromatic rings. The average Bonchev–Trinajstić information content (AvgIpc) is 2.81. The molecule has 1 aromatic carbocycles. The number of nitrogens with two attached hydrogens (primary N) is 1. The van der Waals surface area contributed by atoms with Crippen molar-refractivity contribution >= 4 is 15.9 Å². The fourth-order valence-corrected chi connectivity index (χ4v) is 3.43. The number of hydrogen-bond acceptors (Lipinski definition) is 3. The first-order valence-corrected chi connectivity index (χ1v) is 7.39. The van der Waals surface area contributed by atoms with Crippen molar-refractivity contribution in [3.8, 4) is 0 Å². The summed E-state index contributed by atoms with van der Waals surface area (Å²) >= 11 is 0. The first-order valence-electron chi connectivity index (χ1n) is 5.91. The minimum absolute atomic E-state index is 0.0332. The maximum absolute atomic E-state index is 12.0. The van der Waals surface area contributed by atoms with Gasteiger partial charge in [-0.1, -0.05) is 12.8 Å². The lowest BCUT2D eigenvalue weighted by Crippen LogP contribution is -2.32. The molecular weight excluding hydrogens is 252 g/mol. The van der Waals surface area contributed by atoms with Crippen molar-refractivity contribution in [1.29, 1.82) is 0 Å². The number of primary amides is 1. The molecule has 1 amide bonds. The standard InChI is InChI=1S/C12H16N2O3S/c13-12(15)9-5-7-11(8-6-9)18(16,17)14-10-3-1-2-4-10/h5-8,10,14H,1-4H2,(H2,13,15). The third-order valence-corrected chi connectivity index (χ3v) is 4.66. The SMILES string of the molecule is NC(=O)c1ccc(S(=O)(=O)NC2CCCC2)cc1. The first-order chi connectivity index (χ1) is 8.49. The van der Waals surface area contributed by atoms with Crippen LogP contribution in [-0.4, -0.2) is 20.4 Å². The topological polar surface area (TPSA) is 89.3 Å². The molecule has 0 unspecified atom stereocenters.